The molecule has 0 aromatic rings. The number of rotatable bonds is 3. The fraction of sp³-hybridized carbons (Fsp3) is 0.556. The summed E-state index contributed by atoms with van der Waals surface area (Å²) in [6.07, 6.45) is 9.89. The van der Waals surface area contributed by atoms with E-state index in [1.54, 1.807) is 8.90 Å². The molecule has 0 bridgehead atoms. The topological polar surface area (TPSA) is 0 Å². The third-order valence-electron chi connectivity index (χ3n) is 1.83. The Morgan fingerprint density at radius 1 is 1.42 bits per heavy atom. The SMILES string of the molecule is CCCCC1=[C]([Hf])CC=C1.F.F. The van der Waals surface area contributed by atoms with E-state index in [2.05, 4.69) is 19.1 Å². The molecule has 0 fully saturated rings. The number of halogens is 2. The normalized spacial score (nSPS) is 14.0. The second-order valence-corrected chi connectivity index (χ2v) is 4.88. The monoisotopic (exact) mass is 341 g/mol. The smallest absolute Gasteiger partial charge is 0.269 e. The van der Waals surface area contributed by atoms with Crippen molar-refractivity contribution in [1.29, 1.82) is 0 Å². The molecule has 12 heavy (non-hydrogen) atoms. The van der Waals surface area contributed by atoms with Gasteiger partial charge in [0, 0.05) is 0 Å². The molecule has 0 atom stereocenters. The zero-order valence-electron chi connectivity index (χ0n) is 7.30. The Morgan fingerprint density at radius 2 is 2.08 bits per heavy atom. The Kier molecular flexibility index (Phi) is 9.61. The first-order chi connectivity index (χ1) is 4.84. The predicted octanol–water partition coefficient (Wildman–Crippen LogP) is 3.24. The van der Waals surface area contributed by atoms with Gasteiger partial charge in [-0.3, -0.25) is 9.41 Å². The molecule has 0 aromatic heterocycles. The van der Waals surface area contributed by atoms with Gasteiger partial charge in [-0.1, -0.05) is 0 Å². The quantitative estimate of drug-likeness (QED) is 0.693. The maximum atomic E-state index is 2.32. The second-order valence-electron chi connectivity index (χ2n) is 2.71. The van der Waals surface area contributed by atoms with Crippen molar-refractivity contribution in [3.05, 3.63) is 21.1 Å². The fourth-order valence-electron chi connectivity index (χ4n) is 1.15. The molecule has 0 nitrogen and oxygen atoms in total. The van der Waals surface area contributed by atoms with Crippen molar-refractivity contribution in [1.82, 2.24) is 0 Å². The van der Waals surface area contributed by atoms with Crippen molar-refractivity contribution < 1.29 is 33.8 Å². The molecule has 0 spiro atoms. The van der Waals surface area contributed by atoms with Gasteiger partial charge in [0.2, 0.25) is 0 Å². The van der Waals surface area contributed by atoms with E-state index in [4.69, 9.17) is 0 Å². The van der Waals surface area contributed by atoms with Crippen LogP contribution in [0, 0.1) is 0 Å². The summed E-state index contributed by atoms with van der Waals surface area (Å²) in [5.74, 6) is 0. The molecule has 0 aromatic carbocycles. The summed E-state index contributed by atoms with van der Waals surface area (Å²) >= 11 is 1.27. The maximum Gasteiger partial charge on any atom is -0.269 e. The zero-order chi connectivity index (χ0) is 7.40. The molecule has 0 radical (unpaired) electrons. The van der Waals surface area contributed by atoms with Crippen LogP contribution in [0.1, 0.15) is 32.6 Å². The molecule has 0 saturated heterocycles. The summed E-state index contributed by atoms with van der Waals surface area (Å²) in [4.78, 5) is 0. The average molecular weight is 340 g/mol. The Hall–Kier alpha value is 0.210. The molecule has 0 aliphatic heterocycles. The molecular weight excluding hydrogens is 325 g/mol. The number of unbranched alkanes of at least 4 members (excludes halogenated alkanes) is 1. The molecule has 1 rings (SSSR count). The third-order valence-corrected chi connectivity index (χ3v) is 3.72. The molecule has 0 saturated carbocycles. The van der Waals surface area contributed by atoms with Gasteiger partial charge in [0.05, 0.1) is 0 Å². The van der Waals surface area contributed by atoms with Gasteiger partial charge in [0.25, 0.3) is 0 Å². The zero-order valence-corrected chi connectivity index (χ0v) is 10.9. The minimum absolute atomic E-state index is 0. The largest absolute Gasteiger partial charge is 0.269 e. The van der Waals surface area contributed by atoms with Crippen molar-refractivity contribution >= 4 is 0 Å². The summed E-state index contributed by atoms with van der Waals surface area (Å²) in [5, 5.41) is 0. The molecule has 69 valence electrons. The van der Waals surface area contributed by atoms with E-state index >= 15 is 0 Å². The summed E-state index contributed by atoms with van der Waals surface area (Å²) in [7, 11) is 0. The Morgan fingerprint density at radius 3 is 2.50 bits per heavy atom. The van der Waals surface area contributed by atoms with E-state index in [1.165, 1.54) is 50.1 Å². The van der Waals surface area contributed by atoms with Gasteiger partial charge < -0.3 is 0 Å². The number of hydrogen-bond donors (Lipinski definition) is 0. The van der Waals surface area contributed by atoms with Gasteiger partial charge in [0.1, 0.15) is 0 Å². The van der Waals surface area contributed by atoms with Crippen LogP contribution >= 0.6 is 0 Å². The first-order valence-electron chi connectivity index (χ1n) is 3.94. The number of allylic oxidation sites excluding steroid dienone is 4. The van der Waals surface area contributed by atoms with E-state index in [9.17, 15) is 0 Å². The van der Waals surface area contributed by atoms with E-state index in [0.29, 0.717) is 0 Å². The van der Waals surface area contributed by atoms with Gasteiger partial charge in [-0.05, 0) is 0 Å². The van der Waals surface area contributed by atoms with Gasteiger partial charge in [-0.15, -0.1) is 0 Å². The minimum atomic E-state index is 0. The summed E-state index contributed by atoms with van der Waals surface area (Å²) in [5.41, 5.74) is 1.65. The molecular formula is C9H15F2Hf. The molecule has 1 aliphatic carbocycles. The Labute approximate surface area is 87.4 Å². The van der Waals surface area contributed by atoms with Crippen LogP contribution in [-0.2, 0) is 24.4 Å². The van der Waals surface area contributed by atoms with Gasteiger partial charge in [0.15, 0.2) is 0 Å². The van der Waals surface area contributed by atoms with Crippen molar-refractivity contribution in [2.45, 2.75) is 32.6 Å². The molecule has 0 unspecified atom stereocenters. The van der Waals surface area contributed by atoms with Crippen LogP contribution in [0.15, 0.2) is 21.1 Å². The van der Waals surface area contributed by atoms with Crippen molar-refractivity contribution in [2.75, 3.05) is 0 Å². The average Bonchev–Trinajstić information content (AvgIpc) is 2.31. The fourth-order valence-corrected chi connectivity index (χ4v) is 2.32. The van der Waals surface area contributed by atoms with Gasteiger partial charge in [-0.2, -0.15) is 0 Å². The first kappa shape index (κ1) is 14.7. The molecule has 0 amide bonds. The van der Waals surface area contributed by atoms with Crippen LogP contribution in [0.4, 0.5) is 9.41 Å². The van der Waals surface area contributed by atoms with Crippen molar-refractivity contribution in [3.63, 3.8) is 0 Å². The van der Waals surface area contributed by atoms with Gasteiger partial charge >= 0.3 is 78.0 Å². The van der Waals surface area contributed by atoms with Gasteiger partial charge in [-0.25, -0.2) is 0 Å². The second kappa shape index (κ2) is 7.84. The Bertz CT molecular complexity index is 173. The Balaban J connectivity index is 0. The standard InChI is InChI=1S/C9H13.2FH.Hf/c1-2-3-6-9-7-4-5-8-9;;;/h4,7H,2-3,5-6H2,1H3;2*1H;. The molecule has 3 heteroatoms. The first-order valence-corrected chi connectivity index (χ1v) is 5.74. The van der Waals surface area contributed by atoms with E-state index in [1.807, 2.05) is 0 Å². The van der Waals surface area contributed by atoms with E-state index < -0.39 is 0 Å². The molecule has 0 N–H and O–H groups in total. The molecule has 0 heterocycles. The summed E-state index contributed by atoms with van der Waals surface area (Å²) in [6.45, 7) is 2.26. The van der Waals surface area contributed by atoms with Crippen LogP contribution < -0.4 is 0 Å². The van der Waals surface area contributed by atoms with Crippen LogP contribution in [0.5, 0.6) is 0 Å². The van der Waals surface area contributed by atoms with Crippen LogP contribution in [0.25, 0.3) is 0 Å². The van der Waals surface area contributed by atoms with Crippen LogP contribution in [0.3, 0.4) is 0 Å². The predicted molar refractivity (Wildman–Crippen MR) is 45.3 cm³/mol. The maximum absolute atomic E-state index is 2.32. The van der Waals surface area contributed by atoms with E-state index in [0.717, 1.165) is 0 Å². The third kappa shape index (κ3) is 4.29. The summed E-state index contributed by atoms with van der Waals surface area (Å²) < 4.78 is 1.72. The minimum Gasteiger partial charge on any atom is -0.269 e. The van der Waals surface area contributed by atoms with Crippen LogP contribution in [-0.4, -0.2) is 0 Å². The number of hydrogen-bond acceptors (Lipinski definition) is 0. The molecule has 1 aliphatic rings. The van der Waals surface area contributed by atoms with Crippen molar-refractivity contribution in [3.8, 4) is 0 Å². The van der Waals surface area contributed by atoms with E-state index in [-0.39, 0.29) is 9.41 Å². The van der Waals surface area contributed by atoms with Crippen LogP contribution in [0.2, 0.25) is 0 Å². The van der Waals surface area contributed by atoms with Crippen molar-refractivity contribution in [2.24, 2.45) is 0 Å². The summed E-state index contributed by atoms with van der Waals surface area (Å²) in [6, 6.07) is 0.